The molecule has 118 valence electrons. The van der Waals surface area contributed by atoms with Gasteiger partial charge in [0.1, 0.15) is 17.3 Å². The van der Waals surface area contributed by atoms with Crippen molar-refractivity contribution in [2.75, 3.05) is 13.1 Å². The number of piperidine rings is 1. The summed E-state index contributed by atoms with van der Waals surface area (Å²) in [5.74, 6) is 0. The van der Waals surface area contributed by atoms with E-state index in [1.165, 1.54) is 10.5 Å². The fourth-order valence-corrected chi connectivity index (χ4v) is 3.78. The average molecular weight is 389 g/mol. The molecule has 0 radical (unpaired) electrons. The molecular weight excluding hydrogens is 376 g/mol. The van der Waals surface area contributed by atoms with Crippen LogP contribution in [0.4, 0.5) is 0 Å². The van der Waals surface area contributed by atoms with E-state index in [1.807, 2.05) is 0 Å². The monoisotopic (exact) mass is 388 g/mol. The summed E-state index contributed by atoms with van der Waals surface area (Å²) < 4.78 is 37.2. The Balaban J connectivity index is 1.70. The molecule has 0 aromatic carbocycles. The second kappa shape index (κ2) is 6.31. The van der Waals surface area contributed by atoms with E-state index >= 15 is 0 Å². The Bertz CT molecular complexity index is 720. The van der Waals surface area contributed by atoms with Crippen molar-refractivity contribution in [2.45, 2.75) is 23.8 Å². The number of halogens is 1. The zero-order chi connectivity index (χ0) is 15.6. The molecule has 1 saturated heterocycles. The van der Waals surface area contributed by atoms with Crippen molar-refractivity contribution >= 4 is 26.0 Å². The molecule has 0 saturated carbocycles. The Morgan fingerprint density at radius 3 is 2.77 bits per heavy atom. The minimum atomic E-state index is -3.60. The van der Waals surface area contributed by atoms with Crippen LogP contribution in [0, 0.1) is 0 Å². The Morgan fingerprint density at radius 2 is 2.09 bits per heavy atom. The number of sulfonamides is 1. The highest BCUT2D eigenvalue weighted by atomic mass is 79.9. The maximum absolute atomic E-state index is 12.4. The Hall–Kier alpha value is -1.52. The summed E-state index contributed by atoms with van der Waals surface area (Å²) in [5, 5.41) is 3.44. The topological polar surface area (TPSA) is 98.4 Å². The van der Waals surface area contributed by atoms with Crippen LogP contribution in [-0.2, 0) is 10.0 Å². The van der Waals surface area contributed by atoms with Crippen molar-refractivity contribution in [3.8, 4) is 6.01 Å². The Labute approximate surface area is 135 Å². The molecule has 8 nitrogen and oxygen atoms in total. The fraction of sp³-hybridized carbons (Fsp3) is 0.417. The van der Waals surface area contributed by atoms with E-state index in [9.17, 15) is 8.42 Å². The average Bonchev–Trinajstić information content (AvgIpc) is 3.05. The lowest BCUT2D eigenvalue weighted by Gasteiger charge is -2.30. The third-order valence-corrected chi connectivity index (χ3v) is 5.48. The lowest BCUT2D eigenvalue weighted by atomic mass is 10.1. The first-order valence-electron chi connectivity index (χ1n) is 6.59. The van der Waals surface area contributed by atoms with E-state index in [1.54, 1.807) is 12.4 Å². The van der Waals surface area contributed by atoms with Gasteiger partial charge in [0.05, 0.1) is 17.2 Å². The second-order valence-electron chi connectivity index (χ2n) is 4.79. The van der Waals surface area contributed by atoms with Gasteiger partial charge < -0.3 is 9.26 Å². The van der Waals surface area contributed by atoms with Gasteiger partial charge in [0.15, 0.2) is 0 Å². The highest BCUT2D eigenvalue weighted by molar-refractivity contribution is 9.10. The van der Waals surface area contributed by atoms with Gasteiger partial charge in [-0.1, -0.05) is 5.16 Å². The van der Waals surface area contributed by atoms with Crippen molar-refractivity contribution in [2.24, 2.45) is 0 Å². The molecule has 2 aromatic heterocycles. The van der Waals surface area contributed by atoms with E-state index in [2.05, 4.69) is 35.6 Å². The van der Waals surface area contributed by atoms with Gasteiger partial charge in [0, 0.05) is 18.9 Å². The van der Waals surface area contributed by atoms with E-state index in [0.717, 1.165) is 17.2 Å². The highest BCUT2D eigenvalue weighted by Crippen LogP contribution is 2.22. The van der Waals surface area contributed by atoms with E-state index in [-0.39, 0.29) is 23.6 Å². The zero-order valence-electron chi connectivity index (χ0n) is 11.4. The first kappa shape index (κ1) is 15.4. The van der Waals surface area contributed by atoms with Crippen LogP contribution >= 0.6 is 15.9 Å². The molecule has 0 spiro atoms. The number of hydrogen-bond acceptors (Lipinski definition) is 7. The van der Waals surface area contributed by atoms with Crippen LogP contribution in [0.1, 0.15) is 12.8 Å². The van der Waals surface area contributed by atoms with Crippen LogP contribution in [0.3, 0.4) is 0 Å². The first-order valence-corrected chi connectivity index (χ1v) is 8.83. The number of aromatic nitrogens is 3. The third kappa shape index (κ3) is 3.28. The van der Waals surface area contributed by atoms with E-state index < -0.39 is 10.0 Å². The minimum absolute atomic E-state index is 0.0491. The van der Waals surface area contributed by atoms with Gasteiger partial charge in [0.2, 0.25) is 10.0 Å². The molecule has 2 aromatic rings. The van der Waals surface area contributed by atoms with Gasteiger partial charge in [-0.2, -0.15) is 4.31 Å². The van der Waals surface area contributed by atoms with Crippen molar-refractivity contribution in [3.63, 3.8) is 0 Å². The summed E-state index contributed by atoms with van der Waals surface area (Å²) in [6, 6.07) is 0.234. The number of ether oxygens (including phenoxy) is 1. The zero-order valence-corrected chi connectivity index (χ0v) is 13.8. The summed E-state index contributed by atoms with van der Waals surface area (Å²) in [4.78, 5) is 8.12. The van der Waals surface area contributed by atoms with Gasteiger partial charge in [-0.3, -0.25) is 0 Å². The number of nitrogens with zero attached hydrogens (tertiary/aromatic N) is 4. The van der Waals surface area contributed by atoms with Gasteiger partial charge in [-0.25, -0.2) is 18.4 Å². The standard InChI is InChI=1S/C12H13BrN4O4S/c13-9-4-14-12(15-5-9)21-10-2-1-3-17(7-10)22(18,19)11-6-16-20-8-11/h4-6,8,10H,1-3,7H2. The Kier molecular flexibility index (Phi) is 4.41. The van der Waals surface area contributed by atoms with Crippen molar-refractivity contribution < 1.29 is 17.7 Å². The lowest BCUT2D eigenvalue weighted by Crippen LogP contribution is -2.44. The van der Waals surface area contributed by atoms with E-state index in [0.29, 0.717) is 13.0 Å². The van der Waals surface area contributed by atoms with Crippen molar-refractivity contribution in [1.29, 1.82) is 0 Å². The molecule has 1 aliphatic heterocycles. The SMILES string of the molecule is O=S(=O)(c1cnoc1)N1CCCC(Oc2ncc(Br)cn2)C1. The highest BCUT2D eigenvalue weighted by Gasteiger charge is 2.32. The van der Waals surface area contributed by atoms with Gasteiger partial charge >= 0.3 is 6.01 Å². The van der Waals surface area contributed by atoms with Crippen molar-refractivity contribution in [3.05, 3.63) is 29.3 Å². The number of rotatable bonds is 4. The molecular formula is C12H13BrN4O4S. The maximum Gasteiger partial charge on any atom is 0.316 e. The molecule has 0 amide bonds. The lowest BCUT2D eigenvalue weighted by molar-refractivity contribution is 0.119. The summed E-state index contributed by atoms with van der Waals surface area (Å²) >= 11 is 3.25. The van der Waals surface area contributed by atoms with Crippen LogP contribution in [0.25, 0.3) is 0 Å². The molecule has 22 heavy (non-hydrogen) atoms. The molecule has 1 unspecified atom stereocenters. The van der Waals surface area contributed by atoms with Gasteiger partial charge in [0.25, 0.3) is 0 Å². The Morgan fingerprint density at radius 1 is 1.32 bits per heavy atom. The smallest absolute Gasteiger partial charge is 0.316 e. The largest absolute Gasteiger partial charge is 0.459 e. The molecule has 0 N–H and O–H groups in total. The van der Waals surface area contributed by atoms with Crippen LogP contribution in [0.2, 0.25) is 0 Å². The summed E-state index contributed by atoms with van der Waals surface area (Å²) in [6.45, 7) is 0.682. The first-order chi connectivity index (χ1) is 10.6. The molecule has 1 atom stereocenters. The second-order valence-corrected chi connectivity index (χ2v) is 7.64. The minimum Gasteiger partial charge on any atom is -0.459 e. The molecule has 0 aliphatic carbocycles. The summed E-state index contributed by atoms with van der Waals surface area (Å²) in [6.07, 6.45) is 6.63. The normalized spacial score (nSPS) is 20.0. The van der Waals surface area contributed by atoms with E-state index in [4.69, 9.17) is 4.74 Å². The van der Waals surface area contributed by atoms with Gasteiger partial charge in [-0.05, 0) is 28.8 Å². The molecule has 1 fully saturated rings. The fourth-order valence-electron chi connectivity index (χ4n) is 2.20. The molecule has 1 aliphatic rings. The number of hydrogen-bond donors (Lipinski definition) is 0. The molecule has 10 heteroatoms. The molecule has 0 bridgehead atoms. The van der Waals surface area contributed by atoms with Crippen LogP contribution in [0.5, 0.6) is 6.01 Å². The molecule has 3 rings (SSSR count). The third-order valence-electron chi connectivity index (χ3n) is 3.26. The maximum atomic E-state index is 12.4. The quantitative estimate of drug-likeness (QED) is 0.781. The van der Waals surface area contributed by atoms with Crippen molar-refractivity contribution in [1.82, 2.24) is 19.4 Å². The van der Waals surface area contributed by atoms with Crippen LogP contribution in [0.15, 0.2) is 38.7 Å². The summed E-state index contributed by atoms with van der Waals surface area (Å²) in [5.41, 5.74) is 0. The van der Waals surface area contributed by atoms with Crippen LogP contribution < -0.4 is 4.74 Å². The predicted octanol–water partition coefficient (Wildman–Crippen LogP) is 1.46. The van der Waals surface area contributed by atoms with Gasteiger partial charge in [-0.15, -0.1) is 0 Å². The predicted molar refractivity (Wildman–Crippen MR) is 78.6 cm³/mol. The van der Waals surface area contributed by atoms with Crippen LogP contribution in [-0.4, -0.2) is 47.0 Å². The summed E-state index contributed by atoms with van der Waals surface area (Å²) in [7, 11) is -3.60. The molecule has 3 heterocycles.